The molecule has 1 aromatic carbocycles. The molecule has 0 saturated carbocycles. The SMILES string of the molecule is C=C/C=C(\C=C)C(=O)C(=O)OCCOCCOC(=O)C(=O)c1ccccc1. The predicted octanol–water partition coefficient (Wildman–Crippen LogP) is 1.84. The van der Waals surface area contributed by atoms with E-state index in [2.05, 4.69) is 13.2 Å². The number of hydrogen-bond acceptors (Lipinski definition) is 7. The molecule has 7 heteroatoms. The maximum Gasteiger partial charge on any atom is 0.379 e. The van der Waals surface area contributed by atoms with Crippen molar-refractivity contribution in [1.82, 2.24) is 0 Å². The minimum Gasteiger partial charge on any atom is -0.457 e. The van der Waals surface area contributed by atoms with Crippen LogP contribution in [0, 0.1) is 0 Å². The molecule has 0 fully saturated rings. The van der Waals surface area contributed by atoms with Gasteiger partial charge in [0.1, 0.15) is 13.2 Å². The summed E-state index contributed by atoms with van der Waals surface area (Å²) in [7, 11) is 0. The summed E-state index contributed by atoms with van der Waals surface area (Å²) < 4.78 is 14.7. The summed E-state index contributed by atoms with van der Waals surface area (Å²) in [6.45, 7) is 6.57. The first kappa shape index (κ1) is 21.7. The van der Waals surface area contributed by atoms with E-state index in [1.807, 2.05) is 0 Å². The lowest BCUT2D eigenvalue weighted by Gasteiger charge is -2.07. The maximum atomic E-state index is 11.8. The number of ether oxygens (including phenoxy) is 3. The average Bonchev–Trinajstić information content (AvgIpc) is 2.70. The van der Waals surface area contributed by atoms with Crippen LogP contribution >= 0.6 is 0 Å². The third-order valence-electron chi connectivity index (χ3n) is 3.11. The van der Waals surface area contributed by atoms with Crippen LogP contribution in [-0.4, -0.2) is 49.9 Å². The highest BCUT2D eigenvalue weighted by molar-refractivity contribution is 6.41. The van der Waals surface area contributed by atoms with Crippen molar-refractivity contribution in [1.29, 1.82) is 0 Å². The normalized spacial score (nSPS) is 10.6. The van der Waals surface area contributed by atoms with Gasteiger partial charge in [-0.05, 0) is 0 Å². The van der Waals surface area contributed by atoms with Crippen molar-refractivity contribution >= 4 is 23.5 Å². The quantitative estimate of drug-likeness (QED) is 0.138. The number of Topliss-reactive ketones (excluding diaryl/α,β-unsaturated/α-hetero) is 2. The van der Waals surface area contributed by atoms with Gasteiger partial charge in [0.25, 0.3) is 11.6 Å². The zero-order valence-corrected chi connectivity index (χ0v) is 14.7. The molecule has 0 radical (unpaired) electrons. The first-order valence-electron chi connectivity index (χ1n) is 8.02. The molecular weight excluding hydrogens is 352 g/mol. The van der Waals surface area contributed by atoms with E-state index in [0.717, 1.165) is 0 Å². The van der Waals surface area contributed by atoms with Crippen LogP contribution in [-0.2, 0) is 28.6 Å². The van der Waals surface area contributed by atoms with Crippen LogP contribution in [0.15, 0.2) is 67.3 Å². The maximum absolute atomic E-state index is 11.8. The summed E-state index contributed by atoms with van der Waals surface area (Å²) in [6.07, 6.45) is 3.93. The van der Waals surface area contributed by atoms with Gasteiger partial charge in [0.2, 0.25) is 0 Å². The number of esters is 2. The van der Waals surface area contributed by atoms with Crippen LogP contribution in [0.1, 0.15) is 10.4 Å². The third-order valence-corrected chi connectivity index (χ3v) is 3.11. The van der Waals surface area contributed by atoms with Crippen molar-refractivity contribution in [3.8, 4) is 0 Å². The summed E-state index contributed by atoms with van der Waals surface area (Å²) >= 11 is 0. The molecule has 0 saturated heterocycles. The summed E-state index contributed by atoms with van der Waals surface area (Å²) in [5.41, 5.74) is 0.315. The van der Waals surface area contributed by atoms with Crippen molar-refractivity contribution in [2.24, 2.45) is 0 Å². The van der Waals surface area contributed by atoms with Gasteiger partial charge >= 0.3 is 11.9 Å². The molecular formula is C20H20O7. The number of carbonyl (C=O) groups excluding carboxylic acids is 4. The zero-order chi connectivity index (χ0) is 20.1. The highest BCUT2D eigenvalue weighted by Gasteiger charge is 2.18. The molecule has 1 rings (SSSR count). The second-order valence-electron chi connectivity index (χ2n) is 4.97. The molecule has 0 unspecified atom stereocenters. The van der Waals surface area contributed by atoms with Crippen molar-refractivity contribution in [2.75, 3.05) is 26.4 Å². The average molecular weight is 372 g/mol. The molecule has 7 nitrogen and oxygen atoms in total. The Kier molecular flexibility index (Phi) is 9.74. The van der Waals surface area contributed by atoms with E-state index in [0.29, 0.717) is 0 Å². The first-order chi connectivity index (χ1) is 13.0. The van der Waals surface area contributed by atoms with Gasteiger partial charge in [0, 0.05) is 11.1 Å². The van der Waals surface area contributed by atoms with Crippen molar-refractivity contribution < 1.29 is 33.4 Å². The van der Waals surface area contributed by atoms with Gasteiger partial charge in [-0.15, -0.1) is 0 Å². The van der Waals surface area contributed by atoms with E-state index in [1.54, 1.807) is 18.2 Å². The van der Waals surface area contributed by atoms with E-state index in [-0.39, 0.29) is 37.6 Å². The van der Waals surface area contributed by atoms with E-state index in [4.69, 9.17) is 14.2 Å². The molecule has 0 aliphatic heterocycles. The standard InChI is InChI=1S/C20H20O7/c1-3-8-15(4-2)17(21)19(23)26-13-11-25-12-14-27-20(24)18(22)16-9-6-5-7-10-16/h3-10H,1-2,11-14H2/b15-8+. The molecule has 27 heavy (non-hydrogen) atoms. The van der Waals surface area contributed by atoms with Gasteiger partial charge in [-0.2, -0.15) is 0 Å². The lowest BCUT2D eigenvalue weighted by molar-refractivity contribution is -0.153. The van der Waals surface area contributed by atoms with Crippen molar-refractivity contribution in [3.63, 3.8) is 0 Å². The Labute approximate surface area is 156 Å². The number of allylic oxidation sites excluding steroid dienone is 3. The monoisotopic (exact) mass is 372 g/mol. The highest BCUT2D eigenvalue weighted by Crippen LogP contribution is 2.02. The Balaban J connectivity index is 2.19. The topological polar surface area (TPSA) is 96.0 Å². The number of carbonyl (C=O) groups is 4. The minimum absolute atomic E-state index is 0.00219. The second kappa shape index (κ2) is 12.1. The number of benzene rings is 1. The number of hydrogen-bond donors (Lipinski definition) is 0. The summed E-state index contributed by atoms with van der Waals surface area (Å²) in [5.74, 6) is -3.59. The Morgan fingerprint density at radius 3 is 2.00 bits per heavy atom. The lowest BCUT2D eigenvalue weighted by Crippen LogP contribution is -2.22. The van der Waals surface area contributed by atoms with E-state index >= 15 is 0 Å². The van der Waals surface area contributed by atoms with Crippen LogP contribution in [0.2, 0.25) is 0 Å². The molecule has 0 atom stereocenters. The Morgan fingerprint density at radius 1 is 0.852 bits per heavy atom. The molecule has 0 bridgehead atoms. The van der Waals surface area contributed by atoms with Crippen LogP contribution in [0.5, 0.6) is 0 Å². The molecule has 142 valence electrons. The first-order valence-corrected chi connectivity index (χ1v) is 8.02. The van der Waals surface area contributed by atoms with Gasteiger partial charge in [-0.1, -0.05) is 61.7 Å². The fraction of sp³-hybridized carbons (Fsp3) is 0.200. The van der Waals surface area contributed by atoms with Gasteiger partial charge in [-0.3, -0.25) is 9.59 Å². The van der Waals surface area contributed by atoms with E-state index in [9.17, 15) is 19.2 Å². The minimum atomic E-state index is -1.04. The molecule has 0 heterocycles. The molecule has 0 aromatic heterocycles. The summed E-state index contributed by atoms with van der Waals surface area (Å²) in [6, 6.07) is 8.03. The van der Waals surface area contributed by atoms with Crippen molar-refractivity contribution in [3.05, 3.63) is 72.9 Å². The summed E-state index contributed by atoms with van der Waals surface area (Å²) in [5, 5.41) is 0. The van der Waals surface area contributed by atoms with Gasteiger partial charge in [0.15, 0.2) is 0 Å². The third kappa shape index (κ3) is 7.62. The van der Waals surface area contributed by atoms with Crippen LogP contribution in [0.25, 0.3) is 0 Å². The Bertz CT molecular complexity index is 732. The van der Waals surface area contributed by atoms with Gasteiger partial charge in [0.05, 0.1) is 13.2 Å². The van der Waals surface area contributed by atoms with Gasteiger partial charge in [-0.25, -0.2) is 9.59 Å². The smallest absolute Gasteiger partial charge is 0.379 e. The molecule has 0 aliphatic carbocycles. The lowest BCUT2D eigenvalue weighted by atomic mass is 10.1. The molecule has 0 aliphatic rings. The Hall–Kier alpha value is -3.32. The fourth-order valence-corrected chi connectivity index (χ4v) is 1.81. The second-order valence-corrected chi connectivity index (χ2v) is 4.97. The highest BCUT2D eigenvalue weighted by atomic mass is 16.6. The molecule has 0 N–H and O–H groups in total. The fourth-order valence-electron chi connectivity index (χ4n) is 1.81. The zero-order valence-electron chi connectivity index (χ0n) is 14.7. The molecule has 0 amide bonds. The summed E-state index contributed by atoms with van der Waals surface area (Å²) in [4.78, 5) is 46.6. The molecule has 1 aromatic rings. The molecule has 0 spiro atoms. The van der Waals surface area contributed by atoms with E-state index in [1.165, 1.54) is 30.4 Å². The van der Waals surface area contributed by atoms with Crippen LogP contribution in [0.3, 0.4) is 0 Å². The van der Waals surface area contributed by atoms with Crippen molar-refractivity contribution in [2.45, 2.75) is 0 Å². The number of rotatable bonds is 12. The van der Waals surface area contributed by atoms with Gasteiger partial charge < -0.3 is 14.2 Å². The van der Waals surface area contributed by atoms with Crippen LogP contribution < -0.4 is 0 Å². The van der Waals surface area contributed by atoms with Crippen LogP contribution in [0.4, 0.5) is 0 Å². The van der Waals surface area contributed by atoms with E-state index < -0.39 is 23.5 Å². The predicted molar refractivity (Wildman–Crippen MR) is 97.0 cm³/mol. The Morgan fingerprint density at radius 2 is 1.44 bits per heavy atom. The number of ketones is 2. The largest absolute Gasteiger partial charge is 0.457 e.